The van der Waals surface area contributed by atoms with Crippen LogP contribution in [0.2, 0.25) is 0 Å². The fourth-order valence-electron chi connectivity index (χ4n) is 2.61. The first kappa shape index (κ1) is 13.4. The van der Waals surface area contributed by atoms with E-state index in [-0.39, 0.29) is 6.04 Å². The lowest BCUT2D eigenvalue weighted by molar-refractivity contribution is 0.435. The molecule has 0 radical (unpaired) electrons. The summed E-state index contributed by atoms with van der Waals surface area (Å²) in [5, 5.41) is 3.60. The maximum absolute atomic E-state index is 5.76. The normalized spacial score (nSPS) is 15.7. The summed E-state index contributed by atoms with van der Waals surface area (Å²) in [7, 11) is 0. The van der Waals surface area contributed by atoms with Crippen molar-refractivity contribution in [2.24, 2.45) is 0 Å². The summed E-state index contributed by atoms with van der Waals surface area (Å²) >= 11 is 5.34. The monoisotopic (exact) mass is 339 g/mol. The van der Waals surface area contributed by atoms with E-state index in [0.717, 1.165) is 23.4 Å². The van der Waals surface area contributed by atoms with Gasteiger partial charge in [0, 0.05) is 9.75 Å². The molecule has 1 aliphatic rings. The molecule has 0 bridgehead atoms. The maximum atomic E-state index is 5.76. The molecule has 1 N–H and O–H groups in total. The third-order valence-corrected chi connectivity index (χ3v) is 5.26. The molecular weight excluding hydrogens is 322 g/mol. The lowest BCUT2D eigenvalue weighted by Gasteiger charge is -2.14. The maximum Gasteiger partial charge on any atom is 0.169 e. The molecule has 1 atom stereocenters. The Hall–Kier alpha value is -0.580. The van der Waals surface area contributed by atoms with Gasteiger partial charge in [-0.15, -0.1) is 11.3 Å². The van der Waals surface area contributed by atoms with Crippen LogP contribution in [0.5, 0.6) is 0 Å². The van der Waals surface area contributed by atoms with Gasteiger partial charge in [-0.2, -0.15) is 0 Å². The van der Waals surface area contributed by atoms with Crippen LogP contribution in [0.3, 0.4) is 0 Å². The van der Waals surface area contributed by atoms with Crippen LogP contribution in [0.25, 0.3) is 0 Å². The lowest BCUT2D eigenvalue weighted by Crippen LogP contribution is -2.21. The van der Waals surface area contributed by atoms with Gasteiger partial charge in [-0.05, 0) is 71.9 Å². The molecule has 3 rings (SSSR count). The number of nitrogens with one attached hydrogen (secondary N) is 1. The highest BCUT2D eigenvalue weighted by atomic mass is 79.9. The van der Waals surface area contributed by atoms with Gasteiger partial charge in [0.1, 0.15) is 11.8 Å². The van der Waals surface area contributed by atoms with Crippen LogP contribution in [0.15, 0.2) is 27.3 Å². The van der Waals surface area contributed by atoms with E-state index in [1.807, 2.05) is 17.4 Å². The second-order valence-corrected chi connectivity index (χ2v) is 6.93. The smallest absolute Gasteiger partial charge is 0.169 e. The molecule has 4 heteroatoms. The van der Waals surface area contributed by atoms with Crippen molar-refractivity contribution in [1.29, 1.82) is 0 Å². The molecule has 2 aromatic heterocycles. The van der Waals surface area contributed by atoms with Gasteiger partial charge in [0.05, 0.1) is 0 Å². The summed E-state index contributed by atoms with van der Waals surface area (Å²) in [6, 6.07) is 6.60. The van der Waals surface area contributed by atoms with Crippen molar-refractivity contribution in [3.05, 3.63) is 43.9 Å². The fraction of sp³-hybridized carbons (Fsp3) is 0.467. The molecule has 0 saturated heterocycles. The van der Waals surface area contributed by atoms with Gasteiger partial charge in [-0.1, -0.05) is 6.92 Å². The van der Waals surface area contributed by atoms with E-state index in [1.54, 1.807) is 10.4 Å². The minimum Gasteiger partial charge on any atom is -0.452 e. The van der Waals surface area contributed by atoms with Gasteiger partial charge < -0.3 is 9.73 Å². The summed E-state index contributed by atoms with van der Waals surface area (Å²) in [5.74, 6) is 1.00. The number of hydrogen-bond donors (Lipinski definition) is 1. The van der Waals surface area contributed by atoms with E-state index in [2.05, 4.69) is 40.3 Å². The Morgan fingerprint density at radius 3 is 3.00 bits per heavy atom. The molecule has 0 aliphatic heterocycles. The average molecular weight is 340 g/mol. The first-order valence-electron chi connectivity index (χ1n) is 6.88. The Morgan fingerprint density at radius 1 is 1.42 bits per heavy atom. The largest absolute Gasteiger partial charge is 0.452 e. The number of rotatable bonds is 5. The molecular formula is C15H18BrNOS. The van der Waals surface area contributed by atoms with Crippen molar-refractivity contribution in [3.63, 3.8) is 0 Å². The molecule has 19 heavy (non-hydrogen) atoms. The summed E-state index contributed by atoms with van der Waals surface area (Å²) in [5.41, 5.74) is 1.55. The predicted molar refractivity (Wildman–Crippen MR) is 82.9 cm³/mol. The van der Waals surface area contributed by atoms with Gasteiger partial charge in [-0.25, -0.2) is 0 Å². The highest BCUT2D eigenvalue weighted by Gasteiger charge is 2.23. The van der Waals surface area contributed by atoms with Crippen molar-refractivity contribution < 1.29 is 4.42 Å². The van der Waals surface area contributed by atoms with E-state index in [1.165, 1.54) is 24.1 Å². The highest BCUT2D eigenvalue weighted by Crippen LogP contribution is 2.36. The molecule has 1 unspecified atom stereocenters. The molecule has 2 heterocycles. The third kappa shape index (κ3) is 2.81. The van der Waals surface area contributed by atoms with Crippen molar-refractivity contribution in [3.8, 4) is 0 Å². The Bertz CT molecular complexity index is 539. The van der Waals surface area contributed by atoms with Crippen LogP contribution in [-0.2, 0) is 12.8 Å². The Balaban J connectivity index is 1.89. The van der Waals surface area contributed by atoms with E-state index in [4.69, 9.17) is 4.42 Å². The zero-order valence-electron chi connectivity index (χ0n) is 11.0. The SMILES string of the molecule is CCCNC(c1ccc(Br)o1)c1cc2c(s1)CCC2. The third-order valence-electron chi connectivity index (χ3n) is 3.53. The number of hydrogen-bond acceptors (Lipinski definition) is 3. The van der Waals surface area contributed by atoms with Crippen LogP contribution in [0.1, 0.15) is 46.9 Å². The summed E-state index contributed by atoms with van der Waals surface area (Å²) in [6.45, 7) is 3.20. The van der Waals surface area contributed by atoms with Crippen molar-refractivity contribution in [2.45, 2.75) is 38.6 Å². The zero-order valence-corrected chi connectivity index (χ0v) is 13.4. The average Bonchev–Trinajstić information content (AvgIpc) is 3.05. The first-order valence-corrected chi connectivity index (χ1v) is 8.49. The minimum atomic E-state index is 0.196. The number of furan rings is 1. The summed E-state index contributed by atoms with van der Waals surface area (Å²) in [4.78, 5) is 2.96. The van der Waals surface area contributed by atoms with Crippen molar-refractivity contribution >= 4 is 27.3 Å². The van der Waals surface area contributed by atoms with Crippen LogP contribution >= 0.6 is 27.3 Å². The summed E-state index contributed by atoms with van der Waals surface area (Å²) < 4.78 is 6.56. The van der Waals surface area contributed by atoms with Crippen LogP contribution in [0.4, 0.5) is 0 Å². The van der Waals surface area contributed by atoms with Gasteiger partial charge in [0.25, 0.3) is 0 Å². The molecule has 0 saturated carbocycles. The van der Waals surface area contributed by atoms with E-state index < -0.39 is 0 Å². The van der Waals surface area contributed by atoms with Crippen LogP contribution in [0, 0.1) is 0 Å². The van der Waals surface area contributed by atoms with Gasteiger partial charge >= 0.3 is 0 Å². The number of fused-ring (bicyclic) bond motifs is 1. The van der Waals surface area contributed by atoms with Crippen LogP contribution < -0.4 is 5.32 Å². The number of halogens is 1. The van der Waals surface area contributed by atoms with E-state index in [9.17, 15) is 0 Å². The molecule has 0 fully saturated rings. The Morgan fingerprint density at radius 2 is 2.32 bits per heavy atom. The van der Waals surface area contributed by atoms with Gasteiger partial charge in [0.15, 0.2) is 4.67 Å². The predicted octanol–water partition coefficient (Wildman–Crippen LogP) is 4.68. The minimum absolute atomic E-state index is 0.196. The lowest BCUT2D eigenvalue weighted by atomic mass is 10.1. The molecule has 102 valence electrons. The topological polar surface area (TPSA) is 25.2 Å². The van der Waals surface area contributed by atoms with E-state index in [0.29, 0.717) is 0 Å². The molecule has 0 aromatic carbocycles. The molecule has 0 spiro atoms. The quantitative estimate of drug-likeness (QED) is 0.855. The highest BCUT2D eigenvalue weighted by molar-refractivity contribution is 9.10. The Labute approximate surface area is 126 Å². The fourth-order valence-corrected chi connectivity index (χ4v) is 4.27. The standard InChI is InChI=1S/C15H18BrNOS/c1-2-8-17-15(11-6-7-14(16)18-11)13-9-10-4-3-5-12(10)19-13/h6-7,9,15,17H,2-5,8H2,1H3. The van der Waals surface area contributed by atoms with Crippen molar-refractivity contribution in [2.75, 3.05) is 6.54 Å². The molecule has 2 aromatic rings. The van der Waals surface area contributed by atoms with E-state index >= 15 is 0 Å². The second kappa shape index (κ2) is 5.81. The molecule has 1 aliphatic carbocycles. The van der Waals surface area contributed by atoms with Gasteiger partial charge in [-0.3, -0.25) is 0 Å². The van der Waals surface area contributed by atoms with Crippen molar-refractivity contribution in [1.82, 2.24) is 5.32 Å². The second-order valence-electron chi connectivity index (χ2n) is 4.98. The van der Waals surface area contributed by atoms with Crippen LogP contribution in [-0.4, -0.2) is 6.54 Å². The zero-order chi connectivity index (χ0) is 13.2. The first-order chi connectivity index (χ1) is 9.28. The number of aryl methyl sites for hydroxylation is 2. The molecule has 2 nitrogen and oxygen atoms in total. The van der Waals surface area contributed by atoms with Gasteiger partial charge in [0.2, 0.25) is 0 Å². The Kier molecular flexibility index (Phi) is 4.10. The number of thiophene rings is 1. The molecule has 0 amide bonds. The summed E-state index contributed by atoms with van der Waals surface area (Å²) in [6.07, 6.45) is 4.95.